The van der Waals surface area contributed by atoms with Gasteiger partial charge in [-0.05, 0) is 24.6 Å². The zero-order valence-corrected chi connectivity index (χ0v) is 9.86. The van der Waals surface area contributed by atoms with Gasteiger partial charge in [0.05, 0.1) is 13.2 Å². The van der Waals surface area contributed by atoms with Crippen LogP contribution in [0.15, 0.2) is 18.2 Å². The van der Waals surface area contributed by atoms with Crippen molar-refractivity contribution in [2.24, 2.45) is 0 Å². The van der Waals surface area contributed by atoms with E-state index in [1.54, 1.807) is 6.07 Å². The Kier molecular flexibility index (Phi) is 4.41. The second kappa shape index (κ2) is 5.80. The van der Waals surface area contributed by atoms with Crippen molar-refractivity contribution in [1.82, 2.24) is 5.32 Å². The van der Waals surface area contributed by atoms with Crippen LogP contribution in [0.3, 0.4) is 0 Å². The summed E-state index contributed by atoms with van der Waals surface area (Å²) in [7, 11) is 1.44. The van der Waals surface area contributed by atoms with Crippen molar-refractivity contribution >= 4 is 5.91 Å². The average Bonchev–Trinajstić information content (AvgIpc) is 2.35. The van der Waals surface area contributed by atoms with Crippen LogP contribution in [0.2, 0.25) is 0 Å². The van der Waals surface area contributed by atoms with Crippen LogP contribution in [0, 0.1) is 12.3 Å². The van der Waals surface area contributed by atoms with Gasteiger partial charge in [-0.2, -0.15) is 0 Å². The lowest BCUT2D eigenvalue weighted by atomic mass is 10.1. The molecule has 1 unspecified atom stereocenters. The highest BCUT2D eigenvalue weighted by Crippen LogP contribution is 2.26. The van der Waals surface area contributed by atoms with Crippen molar-refractivity contribution in [3.8, 4) is 23.8 Å². The van der Waals surface area contributed by atoms with Crippen molar-refractivity contribution in [3.05, 3.63) is 23.8 Å². The Morgan fingerprint density at radius 1 is 1.65 bits per heavy atom. The molecule has 0 aliphatic rings. The number of benzene rings is 1. The van der Waals surface area contributed by atoms with E-state index in [-0.39, 0.29) is 17.7 Å². The fourth-order valence-electron chi connectivity index (χ4n) is 1.33. The van der Waals surface area contributed by atoms with Crippen molar-refractivity contribution < 1.29 is 14.6 Å². The third-order valence-electron chi connectivity index (χ3n) is 2.36. The van der Waals surface area contributed by atoms with E-state index in [1.807, 2.05) is 6.92 Å². The van der Waals surface area contributed by atoms with Gasteiger partial charge in [0.15, 0.2) is 11.5 Å². The zero-order valence-electron chi connectivity index (χ0n) is 9.86. The second-order valence-corrected chi connectivity index (χ2v) is 3.49. The molecule has 17 heavy (non-hydrogen) atoms. The minimum Gasteiger partial charge on any atom is -0.504 e. The number of hydrogen-bond donors (Lipinski definition) is 2. The number of nitrogens with one attached hydrogen (secondary N) is 1. The summed E-state index contributed by atoms with van der Waals surface area (Å²) in [5, 5.41) is 12.2. The Morgan fingerprint density at radius 2 is 2.35 bits per heavy atom. The summed E-state index contributed by atoms with van der Waals surface area (Å²) >= 11 is 0. The standard InChI is InChI=1S/C13H15NO3/c1-4-10(5-2)14-13(16)9-6-7-12(17-3)11(15)8-9/h1,6-8,10,15H,5H2,2-3H3,(H,14,16). The fraction of sp³-hybridized carbons (Fsp3) is 0.308. The molecule has 1 atom stereocenters. The van der Waals surface area contributed by atoms with E-state index in [9.17, 15) is 9.90 Å². The summed E-state index contributed by atoms with van der Waals surface area (Å²) in [5.41, 5.74) is 0.344. The zero-order chi connectivity index (χ0) is 12.8. The normalized spacial score (nSPS) is 11.4. The van der Waals surface area contributed by atoms with E-state index in [0.29, 0.717) is 17.7 Å². The maximum absolute atomic E-state index is 11.8. The van der Waals surface area contributed by atoms with Gasteiger partial charge in [-0.25, -0.2) is 0 Å². The van der Waals surface area contributed by atoms with Crippen molar-refractivity contribution in [3.63, 3.8) is 0 Å². The van der Waals surface area contributed by atoms with Gasteiger partial charge in [-0.15, -0.1) is 6.42 Å². The smallest absolute Gasteiger partial charge is 0.252 e. The predicted molar refractivity (Wildman–Crippen MR) is 65.0 cm³/mol. The fourth-order valence-corrected chi connectivity index (χ4v) is 1.33. The lowest BCUT2D eigenvalue weighted by Gasteiger charge is -2.11. The molecule has 0 bridgehead atoms. The maximum Gasteiger partial charge on any atom is 0.252 e. The van der Waals surface area contributed by atoms with Gasteiger partial charge in [0.2, 0.25) is 0 Å². The minimum absolute atomic E-state index is 0.0751. The van der Waals surface area contributed by atoms with E-state index < -0.39 is 0 Å². The van der Waals surface area contributed by atoms with Crippen LogP contribution in [-0.4, -0.2) is 24.2 Å². The van der Waals surface area contributed by atoms with Crippen molar-refractivity contribution in [1.29, 1.82) is 0 Å². The first-order valence-electron chi connectivity index (χ1n) is 5.26. The number of methoxy groups -OCH3 is 1. The van der Waals surface area contributed by atoms with Gasteiger partial charge in [0.1, 0.15) is 0 Å². The van der Waals surface area contributed by atoms with E-state index in [0.717, 1.165) is 0 Å². The van der Waals surface area contributed by atoms with Crippen LogP contribution < -0.4 is 10.1 Å². The molecule has 0 aliphatic carbocycles. The van der Waals surface area contributed by atoms with Crippen LogP contribution in [0.25, 0.3) is 0 Å². The van der Waals surface area contributed by atoms with Crippen molar-refractivity contribution in [2.75, 3.05) is 7.11 Å². The number of phenols is 1. The molecule has 1 aromatic rings. The number of terminal acetylenes is 1. The molecule has 1 aromatic carbocycles. The number of carbonyl (C=O) groups excluding carboxylic acids is 1. The van der Waals surface area contributed by atoms with E-state index >= 15 is 0 Å². The number of amides is 1. The molecule has 0 spiro atoms. The van der Waals surface area contributed by atoms with Gasteiger partial charge in [0, 0.05) is 5.56 Å². The summed E-state index contributed by atoms with van der Waals surface area (Å²) in [5.74, 6) is 2.41. The molecular formula is C13H15NO3. The Hall–Kier alpha value is -2.15. The minimum atomic E-state index is -0.312. The molecule has 0 heterocycles. The lowest BCUT2D eigenvalue weighted by Crippen LogP contribution is -2.33. The first-order chi connectivity index (χ1) is 8.12. The largest absolute Gasteiger partial charge is 0.504 e. The molecule has 2 N–H and O–H groups in total. The third kappa shape index (κ3) is 3.15. The molecule has 4 heteroatoms. The van der Waals surface area contributed by atoms with Gasteiger partial charge in [-0.3, -0.25) is 4.79 Å². The Morgan fingerprint density at radius 3 is 2.82 bits per heavy atom. The molecule has 0 radical (unpaired) electrons. The van der Waals surface area contributed by atoms with E-state index in [2.05, 4.69) is 11.2 Å². The summed E-state index contributed by atoms with van der Waals surface area (Å²) in [6, 6.07) is 4.14. The summed E-state index contributed by atoms with van der Waals surface area (Å²) < 4.78 is 4.89. The predicted octanol–water partition coefficient (Wildman–Crippen LogP) is 1.54. The van der Waals surface area contributed by atoms with Crippen LogP contribution >= 0.6 is 0 Å². The molecule has 0 aromatic heterocycles. The molecule has 0 saturated carbocycles. The van der Waals surface area contributed by atoms with Crippen LogP contribution in [-0.2, 0) is 0 Å². The number of aromatic hydroxyl groups is 1. The highest BCUT2D eigenvalue weighted by atomic mass is 16.5. The Labute approximate surface area is 101 Å². The van der Waals surface area contributed by atoms with E-state index in [1.165, 1.54) is 19.2 Å². The molecule has 1 rings (SSSR count). The first-order valence-corrected chi connectivity index (χ1v) is 5.26. The van der Waals surface area contributed by atoms with Gasteiger partial charge in [-0.1, -0.05) is 12.8 Å². The monoisotopic (exact) mass is 233 g/mol. The Balaban J connectivity index is 2.83. The number of rotatable bonds is 4. The highest BCUT2D eigenvalue weighted by molar-refractivity contribution is 5.95. The average molecular weight is 233 g/mol. The number of carbonyl (C=O) groups is 1. The van der Waals surface area contributed by atoms with Gasteiger partial charge < -0.3 is 15.2 Å². The van der Waals surface area contributed by atoms with Crippen LogP contribution in [0.1, 0.15) is 23.7 Å². The van der Waals surface area contributed by atoms with Crippen LogP contribution in [0.5, 0.6) is 11.5 Å². The van der Waals surface area contributed by atoms with Crippen LogP contribution in [0.4, 0.5) is 0 Å². The lowest BCUT2D eigenvalue weighted by molar-refractivity contribution is 0.0944. The molecule has 0 fully saturated rings. The molecule has 0 aliphatic heterocycles. The number of ether oxygens (including phenoxy) is 1. The van der Waals surface area contributed by atoms with E-state index in [4.69, 9.17) is 11.2 Å². The molecule has 1 amide bonds. The Bertz CT molecular complexity index is 448. The van der Waals surface area contributed by atoms with Gasteiger partial charge in [0.25, 0.3) is 5.91 Å². The third-order valence-corrected chi connectivity index (χ3v) is 2.36. The molecular weight excluding hydrogens is 218 g/mol. The molecule has 90 valence electrons. The quantitative estimate of drug-likeness (QED) is 0.775. The van der Waals surface area contributed by atoms with Gasteiger partial charge >= 0.3 is 0 Å². The van der Waals surface area contributed by atoms with Crippen molar-refractivity contribution in [2.45, 2.75) is 19.4 Å². The summed E-state index contributed by atoms with van der Waals surface area (Å²) in [6.07, 6.45) is 5.91. The number of hydrogen-bond acceptors (Lipinski definition) is 3. The molecule has 0 saturated heterocycles. The summed E-state index contributed by atoms with van der Waals surface area (Å²) in [4.78, 5) is 11.8. The first kappa shape index (κ1) is 12.9. The molecule has 4 nitrogen and oxygen atoms in total. The maximum atomic E-state index is 11.8. The SMILES string of the molecule is C#CC(CC)NC(=O)c1ccc(OC)c(O)c1. The summed E-state index contributed by atoms with van der Waals surface area (Å²) in [6.45, 7) is 1.89. The topological polar surface area (TPSA) is 58.6 Å². The second-order valence-electron chi connectivity index (χ2n) is 3.49. The highest BCUT2D eigenvalue weighted by Gasteiger charge is 2.12. The number of phenolic OH excluding ortho intramolecular Hbond substituents is 1.